The fourth-order valence-electron chi connectivity index (χ4n) is 1.36. The Morgan fingerprint density at radius 1 is 1.61 bits per heavy atom. The SMILES string of the molecule is C=CCNC(=O)CCc1nc(-c2cccs2)no1. The first kappa shape index (κ1) is 12.5. The third-order valence-electron chi connectivity index (χ3n) is 2.22. The summed E-state index contributed by atoms with van der Waals surface area (Å²) >= 11 is 1.55. The van der Waals surface area contributed by atoms with Gasteiger partial charge in [-0.15, -0.1) is 17.9 Å². The van der Waals surface area contributed by atoms with Crippen LogP contribution in [0.1, 0.15) is 12.3 Å². The Kier molecular flexibility index (Phi) is 4.25. The number of hydrogen-bond donors (Lipinski definition) is 1. The summed E-state index contributed by atoms with van der Waals surface area (Å²) in [5, 5.41) is 8.52. The molecule has 2 aromatic heterocycles. The molecule has 2 aromatic rings. The maximum Gasteiger partial charge on any atom is 0.227 e. The zero-order valence-corrected chi connectivity index (χ0v) is 10.6. The minimum atomic E-state index is -0.0502. The molecule has 0 aliphatic rings. The number of carbonyl (C=O) groups excluding carboxylic acids is 1. The van der Waals surface area contributed by atoms with Crippen molar-refractivity contribution >= 4 is 17.2 Å². The van der Waals surface area contributed by atoms with Gasteiger partial charge in [-0.3, -0.25) is 4.79 Å². The summed E-state index contributed by atoms with van der Waals surface area (Å²) in [5.41, 5.74) is 0. The van der Waals surface area contributed by atoms with E-state index in [1.807, 2.05) is 17.5 Å². The van der Waals surface area contributed by atoms with Gasteiger partial charge in [0.1, 0.15) is 0 Å². The number of nitrogens with zero attached hydrogens (tertiary/aromatic N) is 2. The van der Waals surface area contributed by atoms with E-state index in [-0.39, 0.29) is 5.91 Å². The number of hydrogen-bond acceptors (Lipinski definition) is 5. The molecular formula is C12H13N3O2S. The largest absolute Gasteiger partial charge is 0.353 e. The van der Waals surface area contributed by atoms with Crippen LogP contribution in [0.5, 0.6) is 0 Å². The normalized spacial score (nSPS) is 10.2. The van der Waals surface area contributed by atoms with Gasteiger partial charge in [0.25, 0.3) is 0 Å². The molecule has 6 heteroatoms. The lowest BCUT2D eigenvalue weighted by atomic mass is 10.3. The van der Waals surface area contributed by atoms with Crippen molar-refractivity contribution in [1.29, 1.82) is 0 Å². The molecule has 0 radical (unpaired) electrons. The van der Waals surface area contributed by atoms with Crippen LogP contribution in [-0.4, -0.2) is 22.6 Å². The average Bonchev–Trinajstić information content (AvgIpc) is 3.03. The van der Waals surface area contributed by atoms with Crippen LogP contribution in [0, 0.1) is 0 Å². The van der Waals surface area contributed by atoms with E-state index < -0.39 is 0 Å². The van der Waals surface area contributed by atoms with Crippen LogP contribution < -0.4 is 5.32 Å². The van der Waals surface area contributed by atoms with E-state index in [0.29, 0.717) is 31.1 Å². The monoisotopic (exact) mass is 263 g/mol. The van der Waals surface area contributed by atoms with Crippen molar-refractivity contribution in [3.8, 4) is 10.7 Å². The van der Waals surface area contributed by atoms with Gasteiger partial charge in [0.15, 0.2) is 0 Å². The van der Waals surface area contributed by atoms with Crippen LogP contribution in [0.2, 0.25) is 0 Å². The molecule has 0 bridgehead atoms. The number of aromatic nitrogens is 2. The molecule has 0 fully saturated rings. The van der Waals surface area contributed by atoms with E-state index in [4.69, 9.17) is 4.52 Å². The summed E-state index contributed by atoms with van der Waals surface area (Å²) in [4.78, 5) is 16.6. The molecule has 0 spiro atoms. The summed E-state index contributed by atoms with van der Waals surface area (Å²) in [6.07, 6.45) is 2.42. The average molecular weight is 263 g/mol. The second-order valence-corrected chi connectivity index (χ2v) is 4.53. The van der Waals surface area contributed by atoms with E-state index in [1.54, 1.807) is 17.4 Å². The quantitative estimate of drug-likeness (QED) is 0.810. The zero-order valence-electron chi connectivity index (χ0n) is 9.76. The molecule has 0 aromatic carbocycles. The number of rotatable bonds is 6. The Morgan fingerprint density at radius 2 is 2.50 bits per heavy atom. The second-order valence-electron chi connectivity index (χ2n) is 3.58. The van der Waals surface area contributed by atoms with Gasteiger partial charge >= 0.3 is 0 Å². The van der Waals surface area contributed by atoms with Gasteiger partial charge in [-0.1, -0.05) is 17.3 Å². The van der Waals surface area contributed by atoms with Crippen LogP contribution in [0.25, 0.3) is 10.7 Å². The summed E-state index contributed by atoms with van der Waals surface area (Å²) in [6.45, 7) is 4.00. The van der Waals surface area contributed by atoms with Crippen LogP contribution in [-0.2, 0) is 11.2 Å². The first-order valence-electron chi connectivity index (χ1n) is 5.53. The fourth-order valence-corrected chi connectivity index (χ4v) is 2.01. The summed E-state index contributed by atoms with van der Waals surface area (Å²) in [6, 6.07) is 3.86. The minimum absolute atomic E-state index is 0.0502. The molecular weight excluding hydrogens is 250 g/mol. The van der Waals surface area contributed by atoms with Crippen molar-refractivity contribution in [1.82, 2.24) is 15.5 Å². The maximum absolute atomic E-state index is 11.4. The lowest BCUT2D eigenvalue weighted by Gasteiger charge is -1.98. The number of thiophene rings is 1. The Labute approximate surface area is 109 Å². The van der Waals surface area contributed by atoms with Gasteiger partial charge < -0.3 is 9.84 Å². The van der Waals surface area contributed by atoms with Crippen molar-refractivity contribution in [2.75, 3.05) is 6.54 Å². The first-order chi connectivity index (χ1) is 8.79. The van der Waals surface area contributed by atoms with Crippen molar-refractivity contribution in [3.63, 3.8) is 0 Å². The molecule has 0 saturated heterocycles. The predicted octanol–water partition coefficient (Wildman–Crippen LogP) is 2.03. The third-order valence-corrected chi connectivity index (χ3v) is 3.08. The van der Waals surface area contributed by atoms with Crippen LogP contribution >= 0.6 is 11.3 Å². The van der Waals surface area contributed by atoms with Gasteiger partial charge in [-0.05, 0) is 11.4 Å². The van der Waals surface area contributed by atoms with E-state index in [0.717, 1.165) is 4.88 Å². The summed E-state index contributed by atoms with van der Waals surface area (Å²) < 4.78 is 5.09. The van der Waals surface area contributed by atoms with E-state index >= 15 is 0 Å². The van der Waals surface area contributed by atoms with Crippen molar-refractivity contribution in [2.24, 2.45) is 0 Å². The molecule has 1 amide bonds. The zero-order chi connectivity index (χ0) is 12.8. The van der Waals surface area contributed by atoms with E-state index in [9.17, 15) is 4.79 Å². The second kappa shape index (κ2) is 6.11. The van der Waals surface area contributed by atoms with Gasteiger partial charge in [0.05, 0.1) is 4.88 Å². The molecule has 0 aliphatic carbocycles. The third kappa shape index (κ3) is 3.27. The Morgan fingerprint density at radius 3 is 3.22 bits per heavy atom. The van der Waals surface area contributed by atoms with E-state index in [2.05, 4.69) is 22.0 Å². The highest BCUT2D eigenvalue weighted by molar-refractivity contribution is 7.13. The molecule has 94 valence electrons. The molecule has 1 N–H and O–H groups in total. The number of amides is 1. The van der Waals surface area contributed by atoms with Gasteiger partial charge in [0.2, 0.25) is 17.6 Å². The highest BCUT2D eigenvalue weighted by atomic mass is 32.1. The molecule has 2 heterocycles. The Balaban J connectivity index is 1.87. The molecule has 18 heavy (non-hydrogen) atoms. The lowest BCUT2D eigenvalue weighted by molar-refractivity contribution is -0.120. The van der Waals surface area contributed by atoms with E-state index in [1.165, 1.54) is 0 Å². The minimum Gasteiger partial charge on any atom is -0.353 e. The number of nitrogens with one attached hydrogen (secondary N) is 1. The molecule has 0 atom stereocenters. The first-order valence-corrected chi connectivity index (χ1v) is 6.41. The standard InChI is InChI=1S/C12H13N3O2S/c1-2-7-13-10(16)5-6-11-14-12(15-17-11)9-4-3-8-18-9/h2-4,8H,1,5-7H2,(H,13,16). The van der Waals surface area contributed by atoms with Gasteiger partial charge in [-0.2, -0.15) is 4.98 Å². The van der Waals surface area contributed by atoms with Crippen LogP contribution in [0.3, 0.4) is 0 Å². The molecule has 0 aliphatic heterocycles. The van der Waals surface area contributed by atoms with Crippen molar-refractivity contribution in [2.45, 2.75) is 12.8 Å². The highest BCUT2D eigenvalue weighted by Gasteiger charge is 2.10. The molecule has 0 saturated carbocycles. The fraction of sp³-hybridized carbons (Fsp3) is 0.250. The van der Waals surface area contributed by atoms with Gasteiger partial charge in [-0.25, -0.2) is 0 Å². The van der Waals surface area contributed by atoms with Crippen molar-refractivity contribution in [3.05, 3.63) is 36.1 Å². The maximum atomic E-state index is 11.4. The predicted molar refractivity (Wildman–Crippen MR) is 69.1 cm³/mol. The van der Waals surface area contributed by atoms with Crippen LogP contribution in [0.4, 0.5) is 0 Å². The van der Waals surface area contributed by atoms with Crippen molar-refractivity contribution < 1.29 is 9.32 Å². The molecule has 5 nitrogen and oxygen atoms in total. The summed E-state index contributed by atoms with van der Waals surface area (Å²) in [5.74, 6) is 1.00. The van der Waals surface area contributed by atoms with Crippen LogP contribution in [0.15, 0.2) is 34.7 Å². The number of aryl methyl sites for hydroxylation is 1. The Bertz CT molecular complexity index is 519. The Hall–Kier alpha value is -1.95. The topological polar surface area (TPSA) is 68.0 Å². The lowest BCUT2D eigenvalue weighted by Crippen LogP contribution is -2.23. The smallest absolute Gasteiger partial charge is 0.227 e. The highest BCUT2D eigenvalue weighted by Crippen LogP contribution is 2.21. The van der Waals surface area contributed by atoms with Gasteiger partial charge in [0, 0.05) is 19.4 Å². The summed E-state index contributed by atoms with van der Waals surface area (Å²) in [7, 11) is 0. The molecule has 2 rings (SSSR count). The number of carbonyl (C=O) groups is 1. The molecule has 0 unspecified atom stereocenters.